The smallest absolute Gasteiger partial charge is 0.407 e. The third-order valence-corrected chi connectivity index (χ3v) is 3.88. The van der Waals surface area contributed by atoms with Crippen LogP contribution in [-0.4, -0.2) is 17.4 Å². The molecule has 0 atom stereocenters. The number of hydrogen-bond acceptors (Lipinski definition) is 3. The molecule has 0 bridgehead atoms. The molecule has 1 aromatic carbocycles. The Labute approximate surface area is 125 Å². The number of ether oxygens (including phenoxy) is 1. The minimum atomic E-state index is -0.435. The molecule has 0 saturated heterocycles. The molecule has 1 amide bonds. The lowest BCUT2D eigenvalue weighted by Gasteiger charge is -2.36. The number of carbonyl (C=O) groups excluding carboxylic acids is 2. The van der Waals surface area contributed by atoms with Gasteiger partial charge in [-0.25, -0.2) is 4.79 Å². The van der Waals surface area contributed by atoms with Crippen molar-refractivity contribution in [3.05, 3.63) is 48.6 Å². The normalized spacial score (nSPS) is 17.0. The molecule has 4 nitrogen and oxygen atoms in total. The Kier molecular flexibility index (Phi) is 5.14. The SMILES string of the molecule is C=CCC1(NC(=O)OCc2ccccc2)CCC(=O)CC1. The zero-order chi connectivity index (χ0) is 15.1. The number of nitrogens with one attached hydrogen (secondary N) is 1. The predicted molar refractivity (Wildman–Crippen MR) is 80.8 cm³/mol. The lowest BCUT2D eigenvalue weighted by atomic mass is 9.79. The summed E-state index contributed by atoms with van der Waals surface area (Å²) >= 11 is 0. The van der Waals surface area contributed by atoms with E-state index in [4.69, 9.17) is 4.74 Å². The molecule has 1 N–H and O–H groups in total. The van der Waals surface area contributed by atoms with Crippen LogP contribution in [0.3, 0.4) is 0 Å². The summed E-state index contributed by atoms with van der Waals surface area (Å²) in [5.74, 6) is 0.258. The van der Waals surface area contributed by atoms with Crippen LogP contribution in [0.25, 0.3) is 0 Å². The van der Waals surface area contributed by atoms with Crippen LogP contribution in [-0.2, 0) is 16.1 Å². The quantitative estimate of drug-likeness (QED) is 0.845. The summed E-state index contributed by atoms with van der Waals surface area (Å²) in [7, 11) is 0. The molecule has 1 saturated carbocycles. The van der Waals surface area contributed by atoms with Crippen molar-refractivity contribution >= 4 is 11.9 Å². The fourth-order valence-electron chi connectivity index (χ4n) is 2.64. The Bertz CT molecular complexity index is 500. The highest BCUT2D eigenvalue weighted by Crippen LogP contribution is 2.29. The average molecular weight is 287 g/mol. The molecule has 0 heterocycles. The van der Waals surface area contributed by atoms with Crippen LogP contribution in [0.1, 0.15) is 37.7 Å². The van der Waals surface area contributed by atoms with E-state index in [1.165, 1.54) is 0 Å². The molecule has 1 aromatic rings. The highest BCUT2D eigenvalue weighted by atomic mass is 16.5. The van der Waals surface area contributed by atoms with Gasteiger partial charge in [-0.2, -0.15) is 0 Å². The van der Waals surface area contributed by atoms with Gasteiger partial charge in [-0.05, 0) is 24.8 Å². The molecular weight excluding hydrogens is 266 g/mol. The van der Waals surface area contributed by atoms with Crippen LogP contribution in [0.5, 0.6) is 0 Å². The summed E-state index contributed by atoms with van der Waals surface area (Å²) in [6.45, 7) is 3.99. The first-order valence-electron chi connectivity index (χ1n) is 7.25. The lowest BCUT2D eigenvalue weighted by molar-refractivity contribution is -0.121. The van der Waals surface area contributed by atoms with E-state index < -0.39 is 6.09 Å². The minimum Gasteiger partial charge on any atom is -0.445 e. The second kappa shape index (κ2) is 7.07. The molecular formula is C17H21NO3. The first kappa shape index (κ1) is 15.3. The van der Waals surface area contributed by atoms with Crippen LogP contribution < -0.4 is 5.32 Å². The Morgan fingerprint density at radius 1 is 1.29 bits per heavy atom. The molecule has 0 aliphatic heterocycles. The first-order valence-corrected chi connectivity index (χ1v) is 7.25. The van der Waals surface area contributed by atoms with Gasteiger partial charge in [0.2, 0.25) is 0 Å². The summed E-state index contributed by atoms with van der Waals surface area (Å²) in [5.41, 5.74) is 0.563. The van der Waals surface area contributed by atoms with Gasteiger partial charge in [-0.15, -0.1) is 6.58 Å². The van der Waals surface area contributed by atoms with Gasteiger partial charge < -0.3 is 10.1 Å². The molecule has 0 aromatic heterocycles. The van der Waals surface area contributed by atoms with Gasteiger partial charge in [0.15, 0.2) is 0 Å². The minimum absolute atomic E-state index is 0.246. The standard InChI is InChI=1S/C17H21NO3/c1-2-10-17(11-8-15(19)9-12-17)18-16(20)21-13-14-6-4-3-5-7-14/h2-7H,1,8-13H2,(H,18,20). The average Bonchev–Trinajstić information content (AvgIpc) is 2.50. The molecule has 0 radical (unpaired) electrons. The number of benzene rings is 1. The monoisotopic (exact) mass is 287 g/mol. The maximum atomic E-state index is 12.0. The Morgan fingerprint density at radius 2 is 1.95 bits per heavy atom. The van der Waals surface area contributed by atoms with E-state index in [1.54, 1.807) is 6.08 Å². The van der Waals surface area contributed by atoms with Gasteiger partial charge in [0.1, 0.15) is 12.4 Å². The molecule has 112 valence electrons. The Morgan fingerprint density at radius 3 is 2.57 bits per heavy atom. The van der Waals surface area contributed by atoms with Gasteiger partial charge >= 0.3 is 6.09 Å². The van der Waals surface area contributed by atoms with E-state index in [9.17, 15) is 9.59 Å². The second-order valence-corrected chi connectivity index (χ2v) is 5.50. The van der Waals surface area contributed by atoms with Crippen LogP contribution in [0.15, 0.2) is 43.0 Å². The molecule has 1 aliphatic carbocycles. The maximum Gasteiger partial charge on any atom is 0.407 e. The third kappa shape index (κ3) is 4.45. The molecule has 1 fully saturated rings. The van der Waals surface area contributed by atoms with E-state index in [2.05, 4.69) is 11.9 Å². The van der Waals surface area contributed by atoms with Crippen molar-refractivity contribution < 1.29 is 14.3 Å². The number of rotatable bonds is 5. The fourth-order valence-corrected chi connectivity index (χ4v) is 2.64. The maximum absolute atomic E-state index is 12.0. The van der Waals surface area contributed by atoms with Crippen LogP contribution in [0.2, 0.25) is 0 Å². The molecule has 1 aliphatic rings. The number of carbonyl (C=O) groups is 2. The van der Waals surface area contributed by atoms with Gasteiger partial charge in [0.05, 0.1) is 0 Å². The van der Waals surface area contributed by atoms with E-state index in [0.717, 1.165) is 5.56 Å². The first-order chi connectivity index (χ1) is 10.1. The van der Waals surface area contributed by atoms with Crippen molar-refractivity contribution in [2.24, 2.45) is 0 Å². The van der Waals surface area contributed by atoms with Gasteiger partial charge in [0.25, 0.3) is 0 Å². The summed E-state index contributed by atoms with van der Waals surface area (Å²) in [6.07, 6.45) is 4.32. The number of ketones is 1. The summed E-state index contributed by atoms with van der Waals surface area (Å²) in [5, 5.41) is 2.94. The van der Waals surface area contributed by atoms with Gasteiger partial charge in [-0.1, -0.05) is 36.4 Å². The van der Waals surface area contributed by atoms with Crippen molar-refractivity contribution in [1.29, 1.82) is 0 Å². The summed E-state index contributed by atoms with van der Waals surface area (Å²) in [4.78, 5) is 23.4. The van der Waals surface area contributed by atoms with Crippen molar-refractivity contribution in [1.82, 2.24) is 5.32 Å². The van der Waals surface area contributed by atoms with Crippen LogP contribution in [0.4, 0.5) is 4.79 Å². The summed E-state index contributed by atoms with van der Waals surface area (Å²) < 4.78 is 5.26. The summed E-state index contributed by atoms with van der Waals surface area (Å²) in [6, 6.07) is 9.55. The fraction of sp³-hybridized carbons (Fsp3) is 0.412. The van der Waals surface area contributed by atoms with Crippen LogP contribution >= 0.6 is 0 Å². The zero-order valence-electron chi connectivity index (χ0n) is 12.1. The van der Waals surface area contributed by atoms with E-state index in [0.29, 0.717) is 32.1 Å². The van der Waals surface area contributed by atoms with Gasteiger partial charge in [0, 0.05) is 18.4 Å². The van der Waals surface area contributed by atoms with Crippen molar-refractivity contribution in [3.8, 4) is 0 Å². The van der Waals surface area contributed by atoms with E-state index >= 15 is 0 Å². The van der Waals surface area contributed by atoms with Crippen molar-refractivity contribution in [3.63, 3.8) is 0 Å². The number of alkyl carbamates (subject to hydrolysis) is 1. The lowest BCUT2D eigenvalue weighted by Crippen LogP contribution is -2.50. The molecule has 21 heavy (non-hydrogen) atoms. The third-order valence-electron chi connectivity index (χ3n) is 3.88. The highest BCUT2D eigenvalue weighted by Gasteiger charge is 2.35. The van der Waals surface area contributed by atoms with E-state index in [1.807, 2.05) is 30.3 Å². The number of amides is 1. The van der Waals surface area contributed by atoms with E-state index in [-0.39, 0.29) is 17.9 Å². The van der Waals surface area contributed by atoms with Gasteiger partial charge in [-0.3, -0.25) is 4.79 Å². The molecule has 4 heteroatoms. The molecule has 2 rings (SSSR count). The molecule has 0 unspecified atom stereocenters. The number of hydrogen-bond donors (Lipinski definition) is 1. The Hall–Kier alpha value is -2.10. The van der Waals surface area contributed by atoms with Crippen LogP contribution in [0, 0.1) is 0 Å². The topological polar surface area (TPSA) is 55.4 Å². The van der Waals surface area contributed by atoms with Crippen molar-refractivity contribution in [2.45, 2.75) is 44.2 Å². The highest BCUT2D eigenvalue weighted by molar-refractivity contribution is 5.80. The second-order valence-electron chi connectivity index (χ2n) is 5.50. The Balaban J connectivity index is 1.89. The molecule has 0 spiro atoms. The number of Topliss-reactive ketones (excluding diaryl/α,β-unsaturated/α-hetero) is 1. The zero-order valence-corrected chi connectivity index (χ0v) is 12.1. The largest absolute Gasteiger partial charge is 0.445 e. The predicted octanol–water partition coefficient (Wildman–Crippen LogP) is 3.37. The van der Waals surface area contributed by atoms with Crippen molar-refractivity contribution in [2.75, 3.05) is 0 Å².